The Bertz CT molecular complexity index is 560. The summed E-state index contributed by atoms with van der Waals surface area (Å²) in [5, 5.41) is 2.65. The molecule has 3 nitrogen and oxygen atoms in total. The van der Waals surface area contributed by atoms with Gasteiger partial charge in [-0.15, -0.1) is 0 Å². The number of rotatable bonds is 3. The van der Waals surface area contributed by atoms with Gasteiger partial charge < -0.3 is 5.32 Å². The van der Waals surface area contributed by atoms with Crippen LogP contribution in [0.4, 0.5) is 4.39 Å². The molecule has 1 N–H and O–H groups in total. The summed E-state index contributed by atoms with van der Waals surface area (Å²) in [5.74, 6) is -0.837. The summed E-state index contributed by atoms with van der Waals surface area (Å²) < 4.78 is 12.9. The quantitative estimate of drug-likeness (QED) is 0.926. The molecule has 1 amide bonds. The average Bonchev–Trinajstić information content (AvgIpc) is 2.40. The van der Waals surface area contributed by atoms with Crippen LogP contribution in [0.15, 0.2) is 42.7 Å². The molecule has 1 heterocycles. The van der Waals surface area contributed by atoms with Crippen molar-refractivity contribution in [1.29, 1.82) is 0 Å². The van der Waals surface area contributed by atoms with E-state index in [-0.39, 0.29) is 10.9 Å². The highest BCUT2D eigenvalue weighted by Crippen LogP contribution is 2.15. The number of amides is 1. The maximum Gasteiger partial charge on any atom is 0.251 e. The summed E-state index contributed by atoms with van der Waals surface area (Å²) in [6, 6.07) is 7.47. The third-order valence-corrected chi connectivity index (χ3v) is 2.67. The predicted molar refractivity (Wildman–Crippen MR) is 66.8 cm³/mol. The van der Waals surface area contributed by atoms with Crippen LogP contribution >= 0.6 is 11.6 Å². The van der Waals surface area contributed by atoms with Gasteiger partial charge in [-0.1, -0.05) is 11.6 Å². The second-order valence-corrected chi connectivity index (χ2v) is 4.07. The van der Waals surface area contributed by atoms with E-state index in [1.807, 2.05) is 0 Å². The zero-order chi connectivity index (χ0) is 13.0. The molecule has 92 valence electrons. The van der Waals surface area contributed by atoms with Crippen LogP contribution in [0.5, 0.6) is 0 Å². The van der Waals surface area contributed by atoms with Gasteiger partial charge in [-0.3, -0.25) is 9.78 Å². The van der Waals surface area contributed by atoms with Gasteiger partial charge >= 0.3 is 0 Å². The molecule has 0 saturated heterocycles. The molecule has 0 bridgehead atoms. The van der Waals surface area contributed by atoms with Crippen molar-refractivity contribution in [3.05, 3.63) is 64.7 Å². The first kappa shape index (κ1) is 12.5. The molecular weight excluding hydrogens is 255 g/mol. The van der Waals surface area contributed by atoms with Crippen molar-refractivity contribution in [2.24, 2.45) is 0 Å². The molecule has 0 spiro atoms. The van der Waals surface area contributed by atoms with Crippen molar-refractivity contribution in [3.8, 4) is 0 Å². The molecule has 2 aromatic rings. The second-order valence-electron chi connectivity index (χ2n) is 3.67. The number of nitrogens with one attached hydrogen (secondary N) is 1. The smallest absolute Gasteiger partial charge is 0.251 e. The lowest BCUT2D eigenvalue weighted by atomic mass is 10.2. The molecule has 0 atom stereocenters. The fourth-order valence-electron chi connectivity index (χ4n) is 1.42. The standard InChI is InChI=1S/C13H10ClFN2O/c14-11-7-10(1-2-12(11)15)13(18)17-8-9-3-5-16-6-4-9/h1-7H,8H2,(H,17,18). The van der Waals surface area contributed by atoms with E-state index in [4.69, 9.17) is 11.6 Å². The number of nitrogens with zero attached hydrogens (tertiary/aromatic N) is 1. The van der Waals surface area contributed by atoms with Crippen molar-refractivity contribution in [2.45, 2.75) is 6.54 Å². The molecule has 0 aliphatic carbocycles. The van der Waals surface area contributed by atoms with Crippen molar-refractivity contribution in [1.82, 2.24) is 10.3 Å². The number of benzene rings is 1. The highest BCUT2D eigenvalue weighted by Gasteiger charge is 2.08. The van der Waals surface area contributed by atoms with Gasteiger partial charge in [0.2, 0.25) is 0 Å². The maximum absolute atomic E-state index is 12.9. The van der Waals surface area contributed by atoms with Gasteiger partial charge in [0.25, 0.3) is 5.91 Å². The Kier molecular flexibility index (Phi) is 3.89. The number of halogens is 2. The van der Waals surface area contributed by atoms with Gasteiger partial charge in [-0.05, 0) is 35.9 Å². The first-order chi connectivity index (χ1) is 8.66. The summed E-state index contributed by atoms with van der Waals surface area (Å²) >= 11 is 5.61. The fourth-order valence-corrected chi connectivity index (χ4v) is 1.60. The van der Waals surface area contributed by atoms with Crippen LogP contribution in [0.2, 0.25) is 5.02 Å². The van der Waals surface area contributed by atoms with Crippen LogP contribution in [0.3, 0.4) is 0 Å². The number of hydrogen-bond acceptors (Lipinski definition) is 2. The van der Waals surface area contributed by atoms with Gasteiger partial charge in [-0.2, -0.15) is 0 Å². The van der Waals surface area contributed by atoms with E-state index in [9.17, 15) is 9.18 Å². The largest absolute Gasteiger partial charge is 0.348 e. The van der Waals surface area contributed by atoms with Gasteiger partial charge in [0.05, 0.1) is 5.02 Å². The summed E-state index contributed by atoms with van der Waals surface area (Å²) in [5.41, 5.74) is 1.27. The van der Waals surface area contributed by atoms with E-state index in [2.05, 4.69) is 10.3 Å². The van der Waals surface area contributed by atoms with Crippen molar-refractivity contribution >= 4 is 17.5 Å². The molecule has 2 rings (SSSR count). The lowest BCUT2D eigenvalue weighted by Crippen LogP contribution is -2.22. The highest BCUT2D eigenvalue weighted by molar-refractivity contribution is 6.31. The Labute approximate surface area is 109 Å². The minimum atomic E-state index is -0.539. The molecule has 0 fully saturated rings. The molecule has 0 radical (unpaired) electrons. The minimum Gasteiger partial charge on any atom is -0.348 e. The van der Waals surface area contributed by atoms with Crippen molar-refractivity contribution < 1.29 is 9.18 Å². The van der Waals surface area contributed by atoms with E-state index in [0.717, 1.165) is 5.56 Å². The number of aromatic nitrogens is 1. The Hall–Kier alpha value is -1.94. The van der Waals surface area contributed by atoms with Crippen LogP contribution < -0.4 is 5.32 Å². The Morgan fingerprint density at radius 1 is 1.28 bits per heavy atom. The van der Waals surface area contributed by atoms with Crippen LogP contribution in [0.1, 0.15) is 15.9 Å². The Balaban J connectivity index is 2.02. The summed E-state index contributed by atoms with van der Waals surface area (Å²) in [6.45, 7) is 0.385. The van der Waals surface area contributed by atoms with E-state index in [0.29, 0.717) is 12.1 Å². The minimum absolute atomic E-state index is 0.0634. The average molecular weight is 265 g/mol. The molecule has 0 aliphatic heterocycles. The molecule has 18 heavy (non-hydrogen) atoms. The zero-order valence-corrected chi connectivity index (χ0v) is 10.1. The summed E-state index contributed by atoms with van der Waals surface area (Å²) in [6.07, 6.45) is 3.30. The third kappa shape index (κ3) is 3.05. The predicted octanol–water partition coefficient (Wildman–Crippen LogP) is 2.80. The van der Waals surface area contributed by atoms with Crippen molar-refractivity contribution in [2.75, 3.05) is 0 Å². The van der Waals surface area contributed by atoms with Crippen LogP contribution in [0.25, 0.3) is 0 Å². The number of pyridine rings is 1. The van der Waals surface area contributed by atoms with Crippen LogP contribution in [-0.2, 0) is 6.54 Å². The monoisotopic (exact) mass is 264 g/mol. The van der Waals surface area contributed by atoms with E-state index < -0.39 is 5.82 Å². The number of carbonyl (C=O) groups is 1. The topological polar surface area (TPSA) is 42.0 Å². The summed E-state index contributed by atoms with van der Waals surface area (Å²) in [4.78, 5) is 15.7. The first-order valence-corrected chi connectivity index (χ1v) is 5.67. The number of hydrogen-bond donors (Lipinski definition) is 1. The summed E-state index contributed by atoms with van der Waals surface area (Å²) in [7, 11) is 0. The van der Waals surface area contributed by atoms with E-state index >= 15 is 0 Å². The zero-order valence-electron chi connectivity index (χ0n) is 9.36. The fraction of sp³-hybridized carbons (Fsp3) is 0.0769. The molecule has 1 aromatic heterocycles. The highest BCUT2D eigenvalue weighted by atomic mass is 35.5. The van der Waals surface area contributed by atoms with Gasteiger partial charge in [0.15, 0.2) is 0 Å². The van der Waals surface area contributed by atoms with Gasteiger partial charge in [0.1, 0.15) is 5.82 Å². The van der Waals surface area contributed by atoms with Gasteiger partial charge in [0, 0.05) is 24.5 Å². The SMILES string of the molecule is O=C(NCc1ccncc1)c1ccc(F)c(Cl)c1. The first-order valence-electron chi connectivity index (χ1n) is 5.29. The van der Waals surface area contributed by atoms with Crippen LogP contribution in [-0.4, -0.2) is 10.9 Å². The third-order valence-electron chi connectivity index (χ3n) is 2.38. The van der Waals surface area contributed by atoms with E-state index in [1.165, 1.54) is 18.2 Å². The lowest BCUT2D eigenvalue weighted by Gasteiger charge is -2.05. The van der Waals surface area contributed by atoms with Crippen LogP contribution in [0, 0.1) is 5.82 Å². The Morgan fingerprint density at radius 3 is 2.67 bits per heavy atom. The van der Waals surface area contributed by atoms with Gasteiger partial charge in [-0.25, -0.2) is 4.39 Å². The van der Waals surface area contributed by atoms with E-state index in [1.54, 1.807) is 24.5 Å². The molecule has 5 heteroatoms. The second kappa shape index (κ2) is 5.60. The Morgan fingerprint density at radius 2 is 2.00 bits per heavy atom. The number of carbonyl (C=O) groups excluding carboxylic acids is 1. The molecule has 0 unspecified atom stereocenters. The normalized spacial score (nSPS) is 10.1. The van der Waals surface area contributed by atoms with Crippen molar-refractivity contribution in [3.63, 3.8) is 0 Å². The molecule has 0 saturated carbocycles. The molecule has 1 aromatic carbocycles. The molecule has 0 aliphatic rings. The lowest BCUT2D eigenvalue weighted by molar-refractivity contribution is 0.0951. The molecular formula is C13H10ClFN2O. The maximum atomic E-state index is 12.9.